The van der Waals surface area contributed by atoms with Crippen LogP contribution in [0.5, 0.6) is 0 Å². The molecule has 47 heavy (non-hydrogen) atoms. The molecule has 1 aliphatic rings. The molecule has 0 aliphatic heterocycles. The minimum absolute atomic E-state index is 0.430. The Labute approximate surface area is 285 Å². The topological polar surface area (TPSA) is 0 Å². The molecule has 4 aromatic rings. The van der Waals surface area contributed by atoms with E-state index in [0.29, 0.717) is 17.8 Å². The van der Waals surface area contributed by atoms with Gasteiger partial charge in [-0.1, -0.05) is 144 Å². The molecule has 3 unspecified atom stereocenters. The fourth-order valence-electron chi connectivity index (χ4n) is 7.23. The van der Waals surface area contributed by atoms with Crippen molar-refractivity contribution in [3.8, 4) is 22.3 Å². The van der Waals surface area contributed by atoms with Crippen molar-refractivity contribution in [2.24, 2.45) is 5.92 Å². The number of aryl methyl sites for hydroxylation is 1. The van der Waals surface area contributed by atoms with Crippen LogP contribution in [-0.4, -0.2) is 0 Å². The predicted molar refractivity (Wildman–Crippen MR) is 207 cm³/mol. The maximum atomic E-state index is 4.04. The van der Waals surface area contributed by atoms with Crippen molar-refractivity contribution >= 4 is 5.57 Å². The lowest BCUT2D eigenvalue weighted by molar-refractivity contribution is 0.629. The highest BCUT2D eigenvalue weighted by molar-refractivity contribution is 5.85. The fraction of sp³-hybridized carbons (Fsp3) is 0.277. The first kappa shape index (κ1) is 33.9. The van der Waals surface area contributed by atoms with Gasteiger partial charge in [-0.3, -0.25) is 0 Å². The molecule has 0 saturated carbocycles. The molecule has 1 aliphatic carbocycles. The van der Waals surface area contributed by atoms with Crippen LogP contribution in [0.25, 0.3) is 27.8 Å². The smallest absolute Gasteiger partial charge is 0.00842 e. The molecule has 0 fully saturated rings. The van der Waals surface area contributed by atoms with Crippen LogP contribution >= 0.6 is 0 Å². The molecule has 0 spiro atoms. The van der Waals surface area contributed by atoms with Gasteiger partial charge in [0.05, 0.1) is 0 Å². The van der Waals surface area contributed by atoms with E-state index in [1.807, 2.05) is 6.08 Å². The Bertz CT molecular complexity index is 1850. The molecule has 0 radical (unpaired) electrons. The minimum Gasteiger partial charge on any atom is -0.0990 e. The van der Waals surface area contributed by atoms with Gasteiger partial charge < -0.3 is 0 Å². The van der Waals surface area contributed by atoms with Gasteiger partial charge in [0.15, 0.2) is 0 Å². The first-order valence-electron chi connectivity index (χ1n) is 17.6. The van der Waals surface area contributed by atoms with Crippen molar-refractivity contribution in [2.75, 3.05) is 0 Å². The quantitative estimate of drug-likeness (QED) is 0.147. The van der Waals surface area contributed by atoms with Gasteiger partial charge in [0.1, 0.15) is 0 Å². The zero-order valence-electron chi connectivity index (χ0n) is 29.6. The van der Waals surface area contributed by atoms with Crippen molar-refractivity contribution in [2.45, 2.75) is 79.6 Å². The number of rotatable bonds is 11. The number of benzene rings is 4. The van der Waals surface area contributed by atoms with Gasteiger partial charge in [-0.2, -0.15) is 0 Å². The lowest BCUT2D eigenvalue weighted by Crippen LogP contribution is -2.11. The zero-order valence-corrected chi connectivity index (χ0v) is 29.6. The lowest BCUT2D eigenvalue weighted by atomic mass is 9.79. The minimum atomic E-state index is 0.430. The maximum absolute atomic E-state index is 4.04. The highest BCUT2D eigenvalue weighted by Crippen LogP contribution is 2.39. The summed E-state index contributed by atoms with van der Waals surface area (Å²) in [5, 5.41) is 0. The summed E-state index contributed by atoms with van der Waals surface area (Å²) in [6, 6.07) is 30.0. The zero-order chi connectivity index (χ0) is 33.5. The van der Waals surface area contributed by atoms with Crippen LogP contribution in [0.15, 0.2) is 134 Å². The third kappa shape index (κ3) is 7.28. The standard InChI is InChI=1S/C47H52/c1-9-18-41(32(5)10-2)47-31-37(27-28-43(47)33(6)11-3)36-26-25-35(8)46(30-36)44-23-16-14-20-39(44)29-38-21-17-24-45(40(38)12-4)42-22-15-13-19-34(42)7/h9-10,13-28,30-31,33-34,42H,1,11-12,29H2,2-8H3/b32-10-,41-18+. The van der Waals surface area contributed by atoms with E-state index in [9.17, 15) is 0 Å². The molecule has 0 saturated heterocycles. The average Bonchev–Trinajstić information content (AvgIpc) is 3.10. The van der Waals surface area contributed by atoms with E-state index < -0.39 is 0 Å². The molecule has 0 aromatic heterocycles. The second-order valence-electron chi connectivity index (χ2n) is 13.3. The van der Waals surface area contributed by atoms with Gasteiger partial charge in [-0.25, -0.2) is 0 Å². The molecule has 3 atom stereocenters. The molecule has 0 bridgehead atoms. The molecular formula is C47H52. The summed E-state index contributed by atoms with van der Waals surface area (Å²) >= 11 is 0. The summed E-state index contributed by atoms with van der Waals surface area (Å²) in [4.78, 5) is 0. The second kappa shape index (κ2) is 15.4. The van der Waals surface area contributed by atoms with Crippen molar-refractivity contribution in [3.63, 3.8) is 0 Å². The van der Waals surface area contributed by atoms with Crippen molar-refractivity contribution < 1.29 is 0 Å². The largest absolute Gasteiger partial charge is 0.0990 e. The molecule has 4 aromatic carbocycles. The highest BCUT2D eigenvalue weighted by atomic mass is 14.3. The molecular weight excluding hydrogens is 565 g/mol. The van der Waals surface area contributed by atoms with Gasteiger partial charge in [-0.15, -0.1) is 0 Å². The third-order valence-electron chi connectivity index (χ3n) is 10.3. The SMILES string of the molecule is C=C/C=C(\C(C)=C/C)c1cc(-c2ccc(C)c(-c3ccccc3Cc3cccc(C4C=CC=CC4C)c3CC)c2)ccc1C(C)CC. The summed E-state index contributed by atoms with van der Waals surface area (Å²) in [6.07, 6.45) is 18.4. The van der Waals surface area contributed by atoms with Crippen LogP contribution < -0.4 is 0 Å². The molecule has 0 N–H and O–H groups in total. The van der Waals surface area contributed by atoms with Gasteiger partial charge in [-0.05, 0) is 136 Å². The molecule has 0 heteroatoms. The molecule has 0 amide bonds. The summed E-state index contributed by atoms with van der Waals surface area (Å²) in [5.74, 6) is 1.40. The number of hydrogen-bond donors (Lipinski definition) is 0. The number of hydrogen-bond acceptors (Lipinski definition) is 0. The van der Waals surface area contributed by atoms with Crippen LogP contribution in [0.4, 0.5) is 0 Å². The van der Waals surface area contributed by atoms with Crippen molar-refractivity contribution in [3.05, 3.63) is 172 Å². The molecule has 0 heterocycles. The first-order valence-corrected chi connectivity index (χ1v) is 17.6. The molecule has 5 rings (SSSR count). The van der Waals surface area contributed by atoms with E-state index >= 15 is 0 Å². The number of allylic oxidation sites excluding steroid dienone is 9. The Balaban J connectivity index is 1.58. The van der Waals surface area contributed by atoms with Crippen molar-refractivity contribution in [1.29, 1.82) is 0 Å². The van der Waals surface area contributed by atoms with Gasteiger partial charge >= 0.3 is 0 Å². The fourth-order valence-corrected chi connectivity index (χ4v) is 7.23. The normalized spacial score (nSPS) is 17.2. The van der Waals surface area contributed by atoms with Gasteiger partial charge in [0.25, 0.3) is 0 Å². The third-order valence-corrected chi connectivity index (χ3v) is 10.3. The van der Waals surface area contributed by atoms with Gasteiger partial charge in [0, 0.05) is 5.92 Å². The summed E-state index contributed by atoms with van der Waals surface area (Å²) in [7, 11) is 0. The van der Waals surface area contributed by atoms with E-state index in [1.54, 1.807) is 0 Å². The average molecular weight is 617 g/mol. The Hall–Kier alpha value is -4.42. The second-order valence-corrected chi connectivity index (χ2v) is 13.3. The summed E-state index contributed by atoms with van der Waals surface area (Å²) in [6.45, 7) is 19.9. The highest BCUT2D eigenvalue weighted by Gasteiger charge is 2.21. The van der Waals surface area contributed by atoms with Crippen LogP contribution in [0, 0.1) is 12.8 Å². The van der Waals surface area contributed by atoms with E-state index in [1.165, 1.54) is 72.3 Å². The van der Waals surface area contributed by atoms with E-state index in [4.69, 9.17) is 0 Å². The van der Waals surface area contributed by atoms with Crippen molar-refractivity contribution in [1.82, 2.24) is 0 Å². The van der Waals surface area contributed by atoms with Crippen LogP contribution in [-0.2, 0) is 12.8 Å². The van der Waals surface area contributed by atoms with Crippen LogP contribution in [0.3, 0.4) is 0 Å². The Kier molecular flexibility index (Phi) is 11.2. The predicted octanol–water partition coefficient (Wildman–Crippen LogP) is 13.4. The Morgan fingerprint density at radius 1 is 0.851 bits per heavy atom. The van der Waals surface area contributed by atoms with Crippen LogP contribution in [0.2, 0.25) is 0 Å². The van der Waals surface area contributed by atoms with E-state index in [0.717, 1.165) is 19.3 Å². The first-order chi connectivity index (χ1) is 22.8. The van der Waals surface area contributed by atoms with Crippen LogP contribution in [0.1, 0.15) is 98.7 Å². The Morgan fingerprint density at radius 2 is 1.57 bits per heavy atom. The summed E-state index contributed by atoms with van der Waals surface area (Å²) in [5.41, 5.74) is 17.4. The summed E-state index contributed by atoms with van der Waals surface area (Å²) < 4.78 is 0. The Morgan fingerprint density at radius 3 is 2.30 bits per heavy atom. The van der Waals surface area contributed by atoms with Gasteiger partial charge in [0.2, 0.25) is 0 Å². The van der Waals surface area contributed by atoms with E-state index in [2.05, 4.69) is 170 Å². The lowest BCUT2D eigenvalue weighted by Gasteiger charge is -2.25. The monoisotopic (exact) mass is 616 g/mol. The maximum Gasteiger partial charge on any atom is 0.00842 e. The molecule has 240 valence electrons. The van der Waals surface area contributed by atoms with E-state index in [-0.39, 0.29) is 0 Å². The molecule has 0 nitrogen and oxygen atoms in total.